The maximum absolute atomic E-state index is 12.8. The van der Waals surface area contributed by atoms with Gasteiger partial charge in [-0.3, -0.25) is 0 Å². The van der Waals surface area contributed by atoms with Crippen molar-refractivity contribution in [3.8, 4) is 0 Å². The van der Waals surface area contributed by atoms with Crippen LogP contribution in [0.1, 0.15) is 24.6 Å². The number of aryl methyl sites for hydroxylation is 1. The van der Waals surface area contributed by atoms with E-state index in [0.29, 0.717) is 30.4 Å². The summed E-state index contributed by atoms with van der Waals surface area (Å²) >= 11 is 1.37. The van der Waals surface area contributed by atoms with Crippen LogP contribution in [0.4, 0.5) is 11.6 Å². The van der Waals surface area contributed by atoms with Gasteiger partial charge in [-0.05, 0) is 43.5 Å². The molecule has 0 bridgehead atoms. The van der Waals surface area contributed by atoms with Gasteiger partial charge in [0.15, 0.2) is 11.6 Å². The van der Waals surface area contributed by atoms with Gasteiger partial charge in [0.1, 0.15) is 4.21 Å². The van der Waals surface area contributed by atoms with Crippen LogP contribution >= 0.6 is 11.3 Å². The topological polar surface area (TPSA) is 69.6 Å². The first-order chi connectivity index (χ1) is 13.1. The van der Waals surface area contributed by atoms with E-state index in [1.807, 2.05) is 25.1 Å². The van der Waals surface area contributed by atoms with Crippen LogP contribution in [-0.4, -0.2) is 62.2 Å². The minimum atomic E-state index is -3.39. The zero-order chi connectivity index (χ0) is 18.9. The Labute approximate surface area is 164 Å². The lowest BCUT2D eigenvalue weighted by Crippen LogP contribution is -2.48. The molecule has 2 aliphatic heterocycles. The Balaban J connectivity index is 1.39. The zero-order valence-electron chi connectivity index (χ0n) is 15.5. The number of hydrogen-bond donors (Lipinski definition) is 0. The summed E-state index contributed by atoms with van der Waals surface area (Å²) in [4.78, 5) is 5.46. The van der Waals surface area contributed by atoms with Crippen LogP contribution in [0.3, 0.4) is 0 Å². The molecule has 0 radical (unpaired) electrons. The quantitative estimate of drug-likeness (QED) is 0.757. The summed E-state index contributed by atoms with van der Waals surface area (Å²) in [5.74, 6) is 1.75. The Bertz CT molecular complexity index is 867. The van der Waals surface area contributed by atoms with E-state index in [1.54, 1.807) is 10.4 Å². The fourth-order valence-electron chi connectivity index (χ4n) is 3.57. The smallest absolute Gasteiger partial charge is 0.252 e. The van der Waals surface area contributed by atoms with E-state index >= 15 is 0 Å². The van der Waals surface area contributed by atoms with Crippen LogP contribution in [0.25, 0.3) is 0 Å². The predicted molar refractivity (Wildman–Crippen MR) is 108 cm³/mol. The summed E-state index contributed by atoms with van der Waals surface area (Å²) in [6.45, 7) is 6.33. The van der Waals surface area contributed by atoms with Crippen LogP contribution in [0.15, 0.2) is 28.5 Å². The van der Waals surface area contributed by atoms with Gasteiger partial charge in [-0.15, -0.1) is 21.5 Å². The molecule has 2 fully saturated rings. The molecular weight excluding hydrogens is 382 g/mol. The number of anilines is 2. The van der Waals surface area contributed by atoms with Crippen molar-refractivity contribution in [2.24, 2.45) is 0 Å². The largest absolute Gasteiger partial charge is 0.355 e. The van der Waals surface area contributed by atoms with Crippen LogP contribution in [0.2, 0.25) is 0 Å². The molecule has 2 aliphatic rings. The van der Waals surface area contributed by atoms with Gasteiger partial charge in [0.2, 0.25) is 0 Å². The van der Waals surface area contributed by atoms with Crippen LogP contribution < -0.4 is 9.80 Å². The second-order valence-electron chi connectivity index (χ2n) is 6.91. The summed E-state index contributed by atoms with van der Waals surface area (Å²) in [5.41, 5.74) is 0. The number of hydrogen-bond acceptors (Lipinski definition) is 7. The van der Waals surface area contributed by atoms with Gasteiger partial charge in [-0.25, -0.2) is 8.42 Å². The van der Waals surface area contributed by atoms with E-state index in [-0.39, 0.29) is 0 Å². The van der Waals surface area contributed by atoms with Gasteiger partial charge in [-0.2, -0.15) is 4.31 Å². The average molecular weight is 408 g/mol. The summed E-state index contributed by atoms with van der Waals surface area (Å²) in [5, 5.41) is 8.74. The molecule has 146 valence electrons. The van der Waals surface area contributed by atoms with Crippen molar-refractivity contribution in [1.29, 1.82) is 0 Å². The molecule has 0 spiro atoms. The molecule has 7 nitrogen and oxygen atoms in total. The van der Waals surface area contributed by atoms with Crippen molar-refractivity contribution in [3.63, 3.8) is 0 Å². The lowest BCUT2D eigenvalue weighted by molar-refractivity contribution is 0.384. The van der Waals surface area contributed by atoms with Gasteiger partial charge in [0, 0.05) is 44.1 Å². The molecule has 0 unspecified atom stereocenters. The number of sulfonamides is 1. The van der Waals surface area contributed by atoms with Crippen LogP contribution in [-0.2, 0) is 16.4 Å². The van der Waals surface area contributed by atoms with Gasteiger partial charge < -0.3 is 9.80 Å². The Hall–Kier alpha value is -1.71. The third-order valence-corrected chi connectivity index (χ3v) is 8.80. The lowest BCUT2D eigenvalue weighted by atomic mass is 10.3. The van der Waals surface area contributed by atoms with E-state index in [0.717, 1.165) is 36.0 Å². The van der Waals surface area contributed by atoms with Crippen LogP contribution in [0, 0.1) is 0 Å². The first-order valence-corrected chi connectivity index (χ1v) is 11.8. The van der Waals surface area contributed by atoms with E-state index in [4.69, 9.17) is 0 Å². The molecule has 0 N–H and O–H groups in total. The van der Waals surface area contributed by atoms with Crippen molar-refractivity contribution in [2.75, 3.05) is 49.1 Å². The summed E-state index contributed by atoms with van der Waals surface area (Å²) in [6, 6.07) is 7.66. The van der Waals surface area contributed by atoms with E-state index in [9.17, 15) is 8.42 Å². The van der Waals surface area contributed by atoms with E-state index in [2.05, 4.69) is 20.0 Å². The minimum absolute atomic E-state index is 0.447. The molecule has 27 heavy (non-hydrogen) atoms. The summed E-state index contributed by atoms with van der Waals surface area (Å²) in [7, 11) is -3.39. The molecule has 0 atom stereocenters. The first kappa shape index (κ1) is 18.6. The lowest BCUT2D eigenvalue weighted by Gasteiger charge is -2.34. The van der Waals surface area contributed by atoms with Crippen LogP contribution in [0.5, 0.6) is 0 Å². The maximum atomic E-state index is 12.8. The molecule has 4 rings (SSSR count). The molecule has 2 aromatic heterocycles. The molecule has 2 saturated heterocycles. The van der Waals surface area contributed by atoms with Gasteiger partial charge in [-0.1, -0.05) is 6.92 Å². The summed E-state index contributed by atoms with van der Waals surface area (Å²) < 4.78 is 27.7. The number of aromatic nitrogens is 2. The van der Waals surface area contributed by atoms with Gasteiger partial charge >= 0.3 is 0 Å². The van der Waals surface area contributed by atoms with Crippen molar-refractivity contribution >= 4 is 33.0 Å². The molecular formula is C18H25N5O2S2. The van der Waals surface area contributed by atoms with Crippen molar-refractivity contribution in [2.45, 2.75) is 30.4 Å². The monoisotopic (exact) mass is 407 g/mol. The maximum Gasteiger partial charge on any atom is 0.252 e. The number of thiophene rings is 1. The van der Waals surface area contributed by atoms with Gasteiger partial charge in [0.25, 0.3) is 10.0 Å². The molecule has 0 amide bonds. The molecule has 9 heteroatoms. The van der Waals surface area contributed by atoms with E-state index < -0.39 is 10.0 Å². The highest BCUT2D eigenvalue weighted by Gasteiger charge is 2.30. The predicted octanol–water partition coefficient (Wildman–Crippen LogP) is 2.21. The highest BCUT2D eigenvalue weighted by Crippen LogP contribution is 2.27. The zero-order valence-corrected chi connectivity index (χ0v) is 17.2. The molecule has 4 heterocycles. The Morgan fingerprint density at radius 3 is 2.00 bits per heavy atom. The Morgan fingerprint density at radius 1 is 0.889 bits per heavy atom. The number of rotatable bonds is 5. The van der Waals surface area contributed by atoms with Crippen molar-refractivity contribution in [3.05, 3.63) is 29.1 Å². The van der Waals surface area contributed by atoms with Gasteiger partial charge in [0.05, 0.1) is 0 Å². The van der Waals surface area contributed by atoms with Crippen molar-refractivity contribution in [1.82, 2.24) is 14.5 Å². The number of piperazine rings is 1. The average Bonchev–Trinajstić information content (AvgIpc) is 3.40. The second kappa shape index (κ2) is 7.73. The Morgan fingerprint density at radius 2 is 1.48 bits per heavy atom. The van der Waals surface area contributed by atoms with E-state index in [1.165, 1.54) is 24.2 Å². The normalized spacial score (nSPS) is 19.0. The number of nitrogens with zero attached hydrogens (tertiary/aromatic N) is 5. The highest BCUT2D eigenvalue weighted by atomic mass is 32.2. The summed E-state index contributed by atoms with van der Waals surface area (Å²) in [6.07, 6.45) is 3.29. The third kappa shape index (κ3) is 3.81. The molecule has 0 aliphatic carbocycles. The SMILES string of the molecule is CCc1ccc(S(=O)(=O)N2CCN(c3ccc(N4CCCC4)nn3)CC2)s1. The minimum Gasteiger partial charge on any atom is -0.355 e. The molecule has 0 saturated carbocycles. The first-order valence-electron chi connectivity index (χ1n) is 9.50. The highest BCUT2D eigenvalue weighted by molar-refractivity contribution is 7.91. The fourth-order valence-corrected chi connectivity index (χ4v) is 6.45. The molecule has 2 aromatic rings. The van der Waals surface area contributed by atoms with Crippen molar-refractivity contribution < 1.29 is 8.42 Å². The second-order valence-corrected chi connectivity index (χ2v) is 10.2. The Kier molecular flexibility index (Phi) is 5.34. The standard InChI is InChI=1S/C18H25N5O2S2/c1-2-15-5-8-18(26-15)27(24,25)23-13-11-22(12-14-23)17-7-6-16(19-20-17)21-9-3-4-10-21/h5-8H,2-4,9-14H2,1H3. The third-order valence-electron chi connectivity index (χ3n) is 5.21. The molecule has 0 aromatic carbocycles. The fraction of sp³-hybridized carbons (Fsp3) is 0.556.